The van der Waals surface area contributed by atoms with Gasteiger partial charge in [0.2, 0.25) is 12.7 Å². The quantitative estimate of drug-likeness (QED) is 0.179. The van der Waals surface area contributed by atoms with Crippen LogP contribution >= 0.6 is 0 Å². The molecule has 0 aromatic carbocycles. The van der Waals surface area contributed by atoms with E-state index in [1.165, 1.54) is 20.8 Å². The van der Waals surface area contributed by atoms with E-state index in [1.807, 2.05) is 13.8 Å². The lowest BCUT2D eigenvalue weighted by atomic mass is 9.88. The second-order valence-corrected chi connectivity index (χ2v) is 9.19. The molecule has 0 saturated carbocycles. The highest BCUT2D eigenvalue weighted by Gasteiger charge is 2.36. The molecule has 0 aliphatic rings. The van der Waals surface area contributed by atoms with Crippen LogP contribution in [0.1, 0.15) is 41.0 Å². The molecule has 170 valence electrons. The van der Waals surface area contributed by atoms with E-state index in [0.29, 0.717) is 0 Å². The van der Waals surface area contributed by atoms with Gasteiger partial charge in [0.25, 0.3) is 10.1 Å². The van der Waals surface area contributed by atoms with E-state index in [9.17, 15) is 27.9 Å². The third-order valence-corrected chi connectivity index (χ3v) is 4.70. The fourth-order valence-corrected chi connectivity index (χ4v) is 2.80. The molecule has 0 aromatic rings. The molecular weight excluding hydrogens is 410 g/mol. The van der Waals surface area contributed by atoms with E-state index in [0.717, 1.165) is 0 Å². The topological polar surface area (TPSA) is 155 Å². The van der Waals surface area contributed by atoms with Crippen LogP contribution < -0.4 is 5.32 Å². The summed E-state index contributed by atoms with van der Waals surface area (Å²) < 4.78 is 42.5. The molecule has 0 aliphatic heterocycles. The number of hydrogen-bond acceptors (Lipinski definition) is 10. The first kappa shape index (κ1) is 27.1. The van der Waals surface area contributed by atoms with Gasteiger partial charge in [-0.2, -0.15) is 8.42 Å². The summed E-state index contributed by atoms with van der Waals surface area (Å²) in [5.74, 6) is -1.62. The number of esters is 1. The minimum atomic E-state index is -3.91. The van der Waals surface area contributed by atoms with Crippen molar-refractivity contribution in [1.29, 1.82) is 0 Å². The normalized spacial score (nSPS) is 12.9. The van der Waals surface area contributed by atoms with Crippen LogP contribution in [0.3, 0.4) is 0 Å². The van der Waals surface area contributed by atoms with Crippen LogP contribution in [-0.2, 0) is 38.1 Å². The van der Waals surface area contributed by atoms with Crippen LogP contribution in [-0.4, -0.2) is 70.0 Å². The van der Waals surface area contributed by atoms with E-state index in [-0.39, 0.29) is 37.2 Å². The maximum Gasteiger partial charge on any atom is 0.511 e. The molecule has 0 aromatic heterocycles. The first-order valence-electron chi connectivity index (χ1n) is 9.02. The lowest BCUT2D eigenvalue weighted by Crippen LogP contribution is -2.42. The average molecular weight is 441 g/mol. The van der Waals surface area contributed by atoms with Crippen molar-refractivity contribution in [3.8, 4) is 0 Å². The van der Waals surface area contributed by atoms with Crippen molar-refractivity contribution >= 4 is 28.1 Å². The monoisotopic (exact) mass is 441 g/mol. The minimum Gasteiger partial charge on any atom is -0.434 e. The summed E-state index contributed by atoms with van der Waals surface area (Å²) in [5, 5.41) is 12.5. The largest absolute Gasteiger partial charge is 0.511 e. The molecule has 0 heterocycles. The summed E-state index contributed by atoms with van der Waals surface area (Å²) in [6.07, 6.45) is -2.60. The lowest BCUT2D eigenvalue weighted by Gasteiger charge is -2.28. The van der Waals surface area contributed by atoms with Crippen LogP contribution in [0.2, 0.25) is 0 Å². The molecule has 0 saturated heterocycles. The Morgan fingerprint density at radius 2 is 1.72 bits per heavy atom. The summed E-state index contributed by atoms with van der Waals surface area (Å²) in [5.41, 5.74) is -1.31. The zero-order chi connectivity index (χ0) is 22.7. The molecule has 0 bridgehead atoms. The summed E-state index contributed by atoms with van der Waals surface area (Å²) in [6, 6.07) is 0. The highest BCUT2D eigenvalue weighted by molar-refractivity contribution is 7.86. The van der Waals surface area contributed by atoms with Gasteiger partial charge in [0, 0.05) is 18.9 Å². The Morgan fingerprint density at radius 1 is 1.10 bits per heavy atom. The number of hydrogen-bond donors (Lipinski definition) is 2. The van der Waals surface area contributed by atoms with Gasteiger partial charge in [-0.3, -0.25) is 8.98 Å². The number of aliphatic hydroxyl groups is 1. The maximum atomic E-state index is 11.9. The smallest absolute Gasteiger partial charge is 0.434 e. The first-order valence-corrected chi connectivity index (χ1v) is 10.6. The Labute approximate surface area is 171 Å². The molecule has 0 aliphatic carbocycles. The Kier molecular flexibility index (Phi) is 11.8. The van der Waals surface area contributed by atoms with Crippen LogP contribution in [0.5, 0.6) is 0 Å². The number of carbonyl (C=O) groups excluding carboxylic acids is 3. The Hall–Kier alpha value is -1.92. The van der Waals surface area contributed by atoms with Crippen molar-refractivity contribution < 1.29 is 46.3 Å². The van der Waals surface area contributed by atoms with E-state index in [1.54, 1.807) is 0 Å². The standard InChI is InChI=1S/C17H31NO10S/c1-12(2)9-25-16(22)27-11-26-15(21)14(20)17(4,5)10-28-29(23,24)8-6-7-18-13(3)19/h12,14,20H,6-11H2,1-5H3,(H,18,19)/t14-/m0/s1. The van der Waals surface area contributed by atoms with Gasteiger partial charge in [0.15, 0.2) is 6.10 Å². The second-order valence-electron chi connectivity index (χ2n) is 7.43. The van der Waals surface area contributed by atoms with Crippen molar-refractivity contribution in [3.05, 3.63) is 0 Å². The summed E-state index contributed by atoms with van der Waals surface area (Å²) in [7, 11) is -3.91. The molecule has 0 fully saturated rings. The second kappa shape index (κ2) is 12.6. The number of aliphatic hydroxyl groups excluding tert-OH is 1. The van der Waals surface area contributed by atoms with Crippen molar-refractivity contribution in [2.24, 2.45) is 11.3 Å². The fraction of sp³-hybridized carbons (Fsp3) is 0.824. The van der Waals surface area contributed by atoms with Gasteiger partial charge in [0.1, 0.15) is 0 Å². The highest BCUT2D eigenvalue weighted by Crippen LogP contribution is 2.23. The van der Waals surface area contributed by atoms with E-state index in [4.69, 9.17) is 8.92 Å². The summed E-state index contributed by atoms with van der Waals surface area (Å²) in [6.45, 7) is 6.86. The number of ether oxygens (including phenoxy) is 3. The molecule has 1 amide bonds. The molecule has 12 heteroatoms. The average Bonchev–Trinajstić information content (AvgIpc) is 2.61. The first-order chi connectivity index (χ1) is 13.3. The van der Waals surface area contributed by atoms with E-state index < -0.39 is 47.2 Å². The number of carbonyl (C=O) groups is 3. The van der Waals surface area contributed by atoms with E-state index in [2.05, 4.69) is 14.8 Å². The summed E-state index contributed by atoms with van der Waals surface area (Å²) in [4.78, 5) is 33.9. The number of amides is 1. The number of nitrogens with one attached hydrogen (secondary N) is 1. The third kappa shape index (κ3) is 13.0. The van der Waals surface area contributed by atoms with Gasteiger partial charge in [-0.25, -0.2) is 9.59 Å². The van der Waals surface area contributed by atoms with Gasteiger partial charge in [0.05, 0.1) is 19.0 Å². The van der Waals surface area contributed by atoms with Gasteiger partial charge < -0.3 is 24.6 Å². The Morgan fingerprint density at radius 3 is 2.28 bits per heavy atom. The van der Waals surface area contributed by atoms with Crippen molar-refractivity contribution in [3.63, 3.8) is 0 Å². The number of rotatable bonds is 13. The Balaban J connectivity index is 4.37. The molecule has 2 N–H and O–H groups in total. The van der Waals surface area contributed by atoms with Gasteiger partial charge in [-0.15, -0.1) is 0 Å². The molecule has 0 unspecified atom stereocenters. The molecule has 1 atom stereocenters. The Bertz CT molecular complexity index is 645. The van der Waals surface area contributed by atoms with Gasteiger partial charge >= 0.3 is 12.1 Å². The van der Waals surface area contributed by atoms with Gasteiger partial charge in [-0.1, -0.05) is 27.7 Å². The summed E-state index contributed by atoms with van der Waals surface area (Å²) >= 11 is 0. The fourth-order valence-electron chi connectivity index (χ4n) is 1.70. The molecular formula is C17H31NO10S. The molecule has 11 nitrogen and oxygen atoms in total. The zero-order valence-electron chi connectivity index (χ0n) is 17.4. The predicted molar refractivity (Wildman–Crippen MR) is 101 cm³/mol. The van der Waals surface area contributed by atoms with Crippen LogP contribution in [0.15, 0.2) is 0 Å². The predicted octanol–water partition coefficient (Wildman–Crippen LogP) is 0.556. The van der Waals surface area contributed by atoms with Crippen LogP contribution in [0.4, 0.5) is 4.79 Å². The molecule has 0 spiro atoms. The maximum absolute atomic E-state index is 11.9. The minimum absolute atomic E-state index is 0.106. The molecule has 0 radical (unpaired) electrons. The van der Waals surface area contributed by atoms with Crippen molar-refractivity contribution in [2.45, 2.75) is 47.1 Å². The SMILES string of the molecule is CC(=O)NCCCS(=O)(=O)OCC(C)(C)[C@@H](O)C(=O)OCOC(=O)OCC(C)C. The lowest BCUT2D eigenvalue weighted by molar-refractivity contribution is -0.170. The van der Waals surface area contributed by atoms with Crippen molar-refractivity contribution in [2.75, 3.05) is 32.3 Å². The van der Waals surface area contributed by atoms with Crippen LogP contribution in [0.25, 0.3) is 0 Å². The van der Waals surface area contributed by atoms with Gasteiger partial charge in [-0.05, 0) is 12.3 Å². The highest BCUT2D eigenvalue weighted by atomic mass is 32.2. The molecule has 0 rings (SSSR count). The zero-order valence-corrected chi connectivity index (χ0v) is 18.2. The van der Waals surface area contributed by atoms with E-state index >= 15 is 0 Å². The van der Waals surface area contributed by atoms with Crippen LogP contribution in [0, 0.1) is 11.3 Å². The van der Waals surface area contributed by atoms with Crippen molar-refractivity contribution in [1.82, 2.24) is 5.32 Å². The third-order valence-electron chi connectivity index (χ3n) is 3.43. The molecule has 29 heavy (non-hydrogen) atoms.